The molecule has 1 amide bonds. The summed E-state index contributed by atoms with van der Waals surface area (Å²) in [5.41, 5.74) is 0.413. The molecule has 0 fully saturated rings. The number of ether oxygens (including phenoxy) is 1. The molecule has 7 nitrogen and oxygen atoms in total. The minimum absolute atomic E-state index is 0. The highest BCUT2D eigenvalue weighted by Gasteiger charge is 2.31. The van der Waals surface area contributed by atoms with Crippen LogP contribution >= 0.6 is 24.0 Å². The Labute approximate surface area is 187 Å². The number of halogens is 6. The normalized spacial score (nSPS) is 12.8. The quantitative estimate of drug-likeness (QED) is 0.189. The van der Waals surface area contributed by atoms with Crippen LogP contribution in [-0.4, -0.2) is 67.9 Å². The van der Waals surface area contributed by atoms with Crippen molar-refractivity contribution in [2.45, 2.75) is 25.8 Å². The second-order valence-electron chi connectivity index (χ2n) is 5.90. The standard InChI is InChI=1S/C17H23F5N4O3.HI/c1-3-23-16(25-9-14(28)26(2)10-17(20,21)22)24-8-13(27)11-4-6-12(7-5-11)29-15(18)19;/h4-7,13,15,27H,3,8-10H2,1-2H3,(H2,23,24,25);1H. The maximum atomic E-state index is 12.3. The number of aliphatic imine (C=N–C) groups is 1. The molecule has 1 atom stereocenters. The Hall–Kier alpha value is -1.90. The van der Waals surface area contributed by atoms with Crippen LogP contribution in [0.5, 0.6) is 5.75 Å². The van der Waals surface area contributed by atoms with E-state index in [0.717, 1.165) is 7.05 Å². The monoisotopic (exact) mass is 554 g/mol. The molecule has 0 spiro atoms. The first-order valence-corrected chi connectivity index (χ1v) is 8.57. The molecule has 1 unspecified atom stereocenters. The third-order valence-electron chi connectivity index (χ3n) is 3.51. The minimum atomic E-state index is -4.50. The third-order valence-corrected chi connectivity index (χ3v) is 3.51. The zero-order valence-electron chi connectivity index (χ0n) is 16.2. The number of carbonyl (C=O) groups excluding carboxylic acids is 1. The van der Waals surface area contributed by atoms with E-state index in [9.17, 15) is 31.9 Å². The van der Waals surface area contributed by atoms with E-state index < -0.39 is 37.9 Å². The number of nitrogens with one attached hydrogen (secondary N) is 2. The van der Waals surface area contributed by atoms with Gasteiger partial charge in [-0.3, -0.25) is 4.79 Å². The van der Waals surface area contributed by atoms with Crippen molar-refractivity contribution in [3.63, 3.8) is 0 Å². The molecule has 1 aromatic carbocycles. The van der Waals surface area contributed by atoms with E-state index in [1.54, 1.807) is 6.92 Å². The second-order valence-corrected chi connectivity index (χ2v) is 5.90. The lowest BCUT2D eigenvalue weighted by molar-refractivity contribution is -0.157. The molecule has 0 aliphatic rings. The Morgan fingerprint density at radius 1 is 1.23 bits per heavy atom. The van der Waals surface area contributed by atoms with Gasteiger partial charge in [-0.2, -0.15) is 22.0 Å². The molecule has 0 bridgehead atoms. The van der Waals surface area contributed by atoms with Crippen LogP contribution in [-0.2, 0) is 4.79 Å². The van der Waals surface area contributed by atoms with Gasteiger partial charge in [0.05, 0.1) is 6.10 Å². The fourth-order valence-corrected chi connectivity index (χ4v) is 2.15. The largest absolute Gasteiger partial charge is 0.435 e. The van der Waals surface area contributed by atoms with E-state index in [4.69, 9.17) is 0 Å². The maximum absolute atomic E-state index is 12.3. The van der Waals surface area contributed by atoms with E-state index in [2.05, 4.69) is 20.4 Å². The van der Waals surface area contributed by atoms with Crippen molar-refractivity contribution in [2.24, 2.45) is 4.99 Å². The maximum Gasteiger partial charge on any atom is 0.406 e. The highest BCUT2D eigenvalue weighted by Crippen LogP contribution is 2.19. The van der Waals surface area contributed by atoms with Crippen LogP contribution in [0.15, 0.2) is 29.3 Å². The number of aliphatic hydroxyl groups excluding tert-OH is 1. The Bertz CT molecular complexity index is 674. The van der Waals surface area contributed by atoms with Gasteiger partial charge in [0.25, 0.3) is 0 Å². The average molecular weight is 554 g/mol. The smallest absolute Gasteiger partial charge is 0.406 e. The summed E-state index contributed by atoms with van der Waals surface area (Å²) in [6.07, 6.45) is -5.54. The lowest BCUT2D eigenvalue weighted by Gasteiger charge is -2.19. The molecule has 0 saturated heterocycles. The first-order valence-electron chi connectivity index (χ1n) is 8.57. The number of aliphatic hydroxyl groups is 1. The van der Waals surface area contributed by atoms with E-state index >= 15 is 0 Å². The van der Waals surface area contributed by atoms with Crippen LogP contribution in [0.1, 0.15) is 18.6 Å². The summed E-state index contributed by atoms with van der Waals surface area (Å²) in [5.74, 6) is -0.757. The summed E-state index contributed by atoms with van der Waals surface area (Å²) < 4.78 is 65.4. The summed E-state index contributed by atoms with van der Waals surface area (Å²) >= 11 is 0. The van der Waals surface area contributed by atoms with E-state index in [1.807, 2.05) is 0 Å². The molecule has 0 aliphatic heterocycles. The predicted octanol–water partition coefficient (Wildman–Crippen LogP) is 2.52. The van der Waals surface area contributed by atoms with Crippen molar-refractivity contribution in [3.8, 4) is 5.75 Å². The minimum Gasteiger partial charge on any atom is -0.435 e. The van der Waals surface area contributed by atoms with Crippen LogP contribution in [0, 0.1) is 0 Å². The number of alkyl halides is 5. The fourth-order valence-electron chi connectivity index (χ4n) is 2.15. The summed E-state index contributed by atoms with van der Waals surface area (Å²) in [6.45, 7) is -2.74. The number of amides is 1. The average Bonchev–Trinajstić information content (AvgIpc) is 2.62. The topological polar surface area (TPSA) is 86.2 Å². The number of hydrogen-bond donors (Lipinski definition) is 3. The second kappa shape index (κ2) is 13.4. The predicted molar refractivity (Wildman–Crippen MR) is 111 cm³/mol. The summed E-state index contributed by atoms with van der Waals surface area (Å²) in [7, 11) is 1.02. The van der Waals surface area contributed by atoms with Gasteiger partial charge in [0, 0.05) is 20.1 Å². The number of rotatable bonds is 9. The van der Waals surface area contributed by atoms with Gasteiger partial charge in [-0.1, -0.05) is 12.1 Å². The third kappa shape index (κ3) is 11.3. The Kier molecular flexibility index (Phi) is 12.6. The van der Waals surface area contributed by atoms with Gasteiger partial charge in [0.2, 0.25) is 5.91 Å². The van der Waals surface area contributed by atoms with Gasteiger partial charge < -0.3 is 25.4 Å². The van der Waals surface area contributed by atoms with Crippen LogP contribution in [0.3, 0.4) is 0 Å². The fraction of sp³-hybridized carbons (Fsp3) is 0.529. The van der Waals surface area contributed by atoms with Crippen molar-refractivity contribution in [2.75, 3.05) is 33.2 Å². The Morgan fingerprint density at radius 2 is 1.83 bits per heavy atom. The van der Waals surface area contributed by atoms with Crippen LogP contribution in [0.4, 0.5) is 22.0 Å². The number of likely N-dealkylation sites (N-methyl/N-ethyl adjacent to an activating group) is 1. The molecule has 172 valence electrons. The van der Waals surface area contributed by atoms with Gasteiger partial charge in [0.1, 0.15) is 18.8 Å². The number of nitrogens with zero attached hydrogens (tertiary/aromatic N) is 2. The number of hydrogen-bond acceptors (Lipinski definition) is 4. The molecule has 3 N–H and O–H groups in total. The molecule has 1 rings (SSSR count). The van der Waals surface area contributed by atoms with Gasteiger partial charge in [-0.25, -0.2) is 4.99 Å². The lowest BCUT2D eigenvalue weighted by Crippen LogP contribution is -2.41. The highest BCUT2D eigenvalue weighted by molar-refractivity contribution is 14.0. The molecule has 30 heavy (non-hydrogen) atoms. The summed E-state index contributed by atoms with van der Waals surface area (Å²) in [5, 5.41) is 15.7. The van der Waals surface area contributed by atoms with Crippen LogP contribution < -0.4 is 15.4 Å². The van der Waals surface area contributed by atoms with Gasteiger partial charge in [0.15, 0.2) is 5.96 Å². The van der Waals surface area contributed by atoms with Gasteiger partial charge >= 0.3 is 12.8 Å². The number of carbonyl (C=O) groups is 1. The molecule has 0 saturated carbocycles. The SMILES string of the molecule is CCNC(=NCC(=O)N(C)CC(F)(F)F)NCC(O)c1ccc(OC(F)F)cc1.I. The summed E-state index contributed by atoms with van der Waals surface area (Å²) in [6, 6.07) is 5.37. The number of guanidine groups is 1. The molecule has 0 aromatic heterocycles. The Balaban J connectivity index is 0.00000841. The lowest BCUT2D eigenvalue weighted by atomic mass is 10.1. The zero-order chi connectivity index (χ0) is 22.0. The molecule has 0 radical (unpaired) electrons. The van der Waals surface area contributed by atoms with Crippen molar-refractivity contribution in [3.05, 3.63) is 29.8 Å². The summed E-state index contributed by atoms with van der Waals surface area (Å²) in [4.78, 5) is 16.2. The van der Waals surface area contributed by atoms with E-state index in [0.29, 0.717) is 17.0 Å². The molecule has 1 aromatic rings. The van der Waals surface area contributed by atoms with Crippen molar-refractivity contribution < 1.29 is 36.6 Å². The van der Waals surface area contributed by atoms with Crippen molar-refractivity contribution in [1.29, 1.82) is 0 Å². The highest BCUT2D eigenvalue weighted by atomic mass is 127. The van der Waals surface area contributed by atoms with E-state index in [1.165, 1.54) is 24.3 Å². The van der Waals surface area contributed by atoms with Crippen LogP contribution in [0.25, 0.3) is 0 Å². The van der Waals surface area contributed by atoms with Gasteiger partial charge in [-0.15, -0.1) is 24.0 Å². The molecule has 0 heterocycles. The van der Waals surface area contributed by atoms with Crippen molar-refractivity contribution in [1.82, 2.24) is 15.5 Å². The molecule has 13 heteroatoms. The van der Waals surface area contributed by atoms with Gasteiger partial charge in [-0.05, 0) is 24.6 Å². The molecule has 0 aliphatic carbocycles. The molecular formula is C17H24F5IN4O3. The van der Waals surface area contributed by atoms with Crippen LogP contribution in [0.2, 0.25) is 0 Å². The zero-order valence-corrected chi connectivity index (χ0v) is 18.6. The van der Waals surface area contributed by atoms with E-state index in [-0.39, 0.29) is 42.2 Å². The Morgan fingerprint density at radius 3 is 2.33 bits per heavy atom. The first kappa shape index (κ1) is 28.1. The number of benzene rings is 1. The first-order chi connectivity index (χ1) is 13.5. The molecular weight excluding hydrogens is 530 g/mol. The van der Waals surface area contributed by atoms with Crippen molar-refractivity contribution >= 4 is 35.8 Å².